The Morgan fingerprint density at radius 3 is 2.00 bits per heavy atom. The molecule has 0 heterocycles. The van der Waals surface area contributed by atoms with E-state index in [2.05, 4.69) is 6.92 Å². The van der Waals surface area contributed by atoms with E-state index in [-0.39, 0.29) is 5.60 Å². The van der Waals surface area contributed by atoms with E-state index in [0.717, 1.165) is 24.5 Å². The molecule has 2 heteroatoms. The molecule has 0 spiro atoms. The molecule has 0 saturated heterocycles. The summed E-state index contributed by atoms with van der Waals surface area (Å²) < 4.78 is 11.2. The maximum Gasteiger partial charge on any atom is 0.120 e. The molecule has 84 valence electrons. The van der Waals surface area contributed by atoms with E-state index in [1.54, 1.807) is 0 Å². The highest BCUT2D eigenvalue weighted by Gasteiger charge is 2.11. The minimum Gasteiger partial charge on any atom is -0.494 e. The van der Waals surface area contributed by atoms with Crippen LogP contribution in [0.2, 0.25) is 0 Å². The van der Waals surface area contributed by atoms with Gasteiger partial charge in [0.05, 0.1) is 6.61 Å². The fraction of sp³-hybridized carbons (Fsp3) is 0.538. The van der Waals surface area contributed by atoms with E-state index in [9.17, 15) is 0 Å². The molecule has 0 radical (unpaired) electrons. The lowest BCUT2D eigenvalue weighted by Gasteiger charge is -2.21. The van der Waals surface area contributed by atoms with Crippen LogP contribution < -0.4 is 9.47 Å². The van der Waals surface area contributed by atoms with Gasteiger partial charge in [0.2, 0.25) is 0 Å². The van der Waals surface area contributed by atoms with Crippen LogP contribution >= 0.6 is 0 Å². The van der Waals surface area contributed by atoms with E-state index < -0.39 is 0 Å². The first-order chi connectivity index (χ1) is 7.01. The summed E-state index contributed by atoms with van der Waals surface area (Å²) in [5, 5.41) is 0. The number of ether oxygens (including phenoxy) is 2. The molecule has 1 aromatic carbocycles. The highest BCUT2D eigenvalue weighted by molar-refractivity contribution is 5.31. The van der Waals surface area contributed by atoms with Crippen LogP contribution in [0, 0.1) is 0 Å². The molecule has 2 nitrogen and oxygen atoms in total. The summed E-state index contributed by atoms with van der Waals surface area (Å²) in [7, 11) is 0. The van der Waals surface area contributed by atoms with Crippen LogP contribution in [0.3, 0.4) is 0 Å². The minimum atomic E-state index is -0.147. The van der Waals surface area contributed by atoms with Crippen molar-refractivity contribution in [3.63, 3.8) is 0 Å². The van der Waals surface area contributed by atoms with Gasteiger partial charge in [0.15, 0.2) is 0 Å². The molecule has 0 bridgehead atoms. The Balaban J connectivity index is 2.56. The van der Waals surface area contributed by atoms with E-state index in [1.165, 1.54) is 0 Å². The van der Waals surface area contributed by atoms with Crippen LogP contribution in [0.25, 0.3) is 0 Å². The van der Waals surface area contributed by atoms with E-state index in [4.69, 9.17) is 9.47 Å². The van der Waals surface area contributed by atoms with Gasteiger partial charge in [-0.2, -0.15) is 0 Å². The maximum absolute atomic E-state index is 5.71. The Labute approximate surface area is 92.2 Å². The summed E-state index contributed by atoms with van der Waals surface area (Å²) in [6.45, 7) is 8.97. The third-order valence-electron chi connectivity index (χ3n) is 1.72. The van der Waals surface area contributed by atoms with E-state index in [0.29, 0.717) is 0 Å². The lowest BCUT2D eigenvalue weighted by Crippen LogP contribution is -2.22. The van der Waals surface area contributed by atoms with E-state index in [1.807, 2.05) is 45.0 Å². The summed E-state index contributed by atoms with van der Waals surface area (Å²) in [5.74, 6) is 1.78. The average Bonchev–Trinajstić information content (AvgIpc) is 2.14. The molecule has 15 heavy (non-hydrogen) atoms. The number of hydrogen-bond donors (Lipinski definition) is 0. The Hall–Kier alpha value is -1.18. The van der Waals surface area contributed by atoms with Gasteiger partial charge in [0, 0.05) is 0 Å². The second-order valence-electron chi connectivity index (χ2n) is 4.53. The molecule has 0 N–H and O–H groups in total. The molecule has 0 saturated carbocycles. The smallest absolute Gasteiger partial charge is 0.120 e. The third kappa shape index (κ3) is 4.73. The Morgan fingerprint density at radius 1 is 1.00 bits per heavy atom. The van der Waals surface area contributed by atoms with Crippen molar-refractivity contribution in [1.29, 1.82) is 0 Å². The quantitative estimate of drug-likeness (QED) is 0.752. The molecule has 1 aromatic rings. The summed E-state index contributed by atoms with van der Waals surface area (Å²) in [6, 6.07) is 7.76. The monoisotopic (exact) mass is 208 g/mol. The van der Waals surface area contributed by atoms with Gasteiger partial charge in [0.25, 0.3) is 0 Å². The molecule has 0 unspecified atom stereocenters. The predicted molar refractivity (Wildman–Crippen MR) is 62.6 cm³/mol. The fourth-order valence-electron chi connectivity index (χ4n) is 1.18. The molecule has 0 aliphatic rings. The van der Waals surface area contributed by atoms with Gasteiger partial charge in [-0.15, -0.1) is 0 Å². The van der Waals surface area contributed by atoms with Gasteiger partial charge in [-0.05, 0) is 51.5 Å². The Bertz CT molecular complexity index is 282. The summed E-state index contributed by atoms with van der Waals surface area (Å²) in [4.78, 5) is 0. The molecule has 0 aliphatic heterocycles. The summed E-state index contributed by atoms with van der Waals surface area (Å²) >= 11 is 0. The third-order valence-corrected chi connectivity index (χ3v) is 1.72. The lowest BCUT2D eigenvalue weighted by atomic mass is 10.2. The largest absolute Gasteiger partial charge is 0.494 e. The molecule has 0 aliphatic carbocycles. The van der Waals surface area contributed by atoms with Gasteiger partial charge in [-0.3, -0.25) is 0 Å². The zero-order valence-corrected chi connectivity index (χ0v) is 10.0. The second-order valence-corrected chi connectivity index (χ2v) is 4.53. The van der Waals surface area contributed by atoms with Crippen molar-refractivity contribution >= 4 is 0 Å². The zero-order chi connectivity index (χ0) is 11.3. The second kappa shape index (κ2) is 5.06. The standard InChI is InChI=1S/C13H20O2/c1-5-10-14-11-6-8-12(9-7-11)15-13(2,3)4/h6-9H,5,10H2,1-4H3. The van der Waals surface area contributed by atoms with Crippen LogP contribution in [0.15, 0.2) is 24.3 Å². The molecule has 0 amide bonds. The summed E-state index contributed by atoms with van der Waals surface area (Å²) in [5.41, 5.74) is -0.147. The molecule has 0 atom stereocenters. The van der Waals surface area contributed by atoms with Gasteiger partial charge in [0.1, 0.15) is 17.1 Å². The topological polar surface area (TPSA) is 18.5 Å². The van der Waals surface area contributed by atoms with Crippen LogP contribution in [0.1, 0.15) is 34.1 Å². The highest BCUT2D eigenvalue weighted by atomic mass is 16.5. The number of rotatable bonds is 4. The van der Waals surface area contributed by atoms with Crippen molar-refractivity contribution in [3.05, 3.63) is 24.3 Å². The van der Waals surface area contributed by atoms with Crippen LogP contribution in [-0.2, 0) is 0 Å². The Kier molecular flexibility index (Phi) is 4.01. The normalized spacial score (nSPS) is 11.2. The first-order valence-corrected chi connectivity index (χ1v) is 5.43. The highest BCUT2D eigenvalue weighted by Crippen LogP contribution is 2.21. The lowest BCUT2D eigenvalue weighted by molar-refractivity contribution is 0.131. The fourth-order valence-corrected chi connectivity index (χ4v) is 1.18. The van der Waals surface area contributed by atoms with Crippen molar-refractivity contribution in [3.8, 4) is 11.5 Å². The molecule has 0 fully saturated rings. The first-order valence-electron chi connectivity index (χ1n) is 5.43. The van der Waals surface area contributed by atoms with Crippen LogP contribution in [0.5, 0.6) is 11.5 Å². The summed E-state index contributed by atoms with van der Waals surface area (Å²) in [6.07, 6.45) is 1.03. The van der Waals surface area contributed by atoms with Crippen LogP contribution in [-0.4, -0.2) is 12.2 Å². The molecule has 0 aromatic heterocycles. The predicted octanol–water partition coefficient (Wildman–Crippen LogP) is 3.65. The van der Waals surface area contributed by atoms with Crippen molar-refractivity contribution in [2.24, 2.45) is 0 Å². The van der Waals surface area contributed by atoms with Crippen LogP contribution in [0.4, 0.5) is 0 Å². The maximum atomic E-state index is 5.71. The van der Waals surface area contributed by atoms with Crippen molar-refractivity contribution in [2.75, 3.05) is 6.61 Å². The molecular weight excluding hydrogens is 188 g/mol. The molecular formula is C13H20O2. The van der Waals surface area contributed by atoms with Gasteiger partial charge >= 0.3 is 0 Å². The number of hydrogen-bond acceptors (Lipinski definition) is 2. The minimum absolute atomic E-state index is 0.147. The van der Waals surface area contributed by atoms with Crippen molar-refractivity contribution in [1.82, 2.24) is 0 Å². The zero-order valence-electron chi connectivity index (χ0n) is 10.0. The van der Waals surface area contributed by atoms with Gasteiger partial charge in [-0.25, -0.2) is 0 Å². The molecule has 1 rings (SSSR count). The van der Waals surface area contributed by atoms with E-state index >= 15 is 0 Å². The number of benzene rings is 1. The first kappa shape index (κ1) is 11.9. The average molecular weight is 208 g/mol. The van der Waals surface area contributed by atoms with Gasteiger partial charge < -0.3 is 9.47 Å². The van der Waals surface area contributed by atoms with Crippen molar-refractivity contribution in [2.45, 2.75) is 39.7 Å². The van der Waals surface area contributed by atoms with Crippen molar-refractivity contribution < 1.29 is 9.47 Å². The Morgan fingerprint density at radius 2 is 1.53 bits per heavy atom. The van der Waals surface area contributed by atoms with Gasteiger partial charge in [-0.1, -0.05) is 6.92 Å². The SMILES string of the molecule is CCCOc1ccc(OC(C)(C)C)cc1.